The Labute approximate surface area is 131 Å². The van der Waals surface area contributed by atoms with Crippen LogP contribution in [-0.2, 0) is 14.3 Å². The Hall–Kier alpha value is -1.92. The number of ether oxygens (including phenoxy) is 1. The van der Waals surface area contributed by atoms with E-state index < -0.39 is 5.60 Å². The molecule has 2 N–H and O–H groups in total. The van der Waals surface area contributed by atoms with Gasteiger partial charge in [-0.25, -0.2) is 0 Å². The van der Waals surface area contributed by atoms with Gasteiger partial charge in [-0.15, -0.1) is 0 Å². The number of aryl methyl sites for hydroxylation is 1. The number of hydrogen-bond acceptors (Lipinski definition) is 4. The molecule has 0 unspecified atom stereocenters. The van der Waals surface area contributed by atoms with Gasteiger partial charge in [0.05, 0.1) is 6.54 Å². The first-order valence-corrected chi connectivity index (χ1v) is 7.07. The lowest BCUT2D eigenvalue weighted by atomic mass is 10.1. The first-order chi connectivity index (χ1) is 10.2. The van der Waals surface area contributed by atoms with Crippen LogP contribution >= 0.6 is 0 Å². The number of likely N-dealkylation sites (N-methyl/N-ethyl adjacent to an activating group) is 1. The van der Waals surface area contributed by atoms with E-state index in [2.05, 4.69) is 10.6 Å². The molecule has 0 fully saturated rings. The Morgan fingerprint density at radius 3 is 2.36 bits per heavy atom. The lowest BCUT2D eigenvalue weighted by Crippen LogP contribution is -2.38. The molecule has 0 bridgehead atoms. The molecule has 2 amide bonds. The second kappa shape index (κ2) is 7.38. The van der Waals surface area contributed by atoms with Gasteiger partial charge < -0.3 is 20.3 Å². The van der Waals surface area contributed by atoms with Crippen molar-refractivity contribution in [2.24, 2.45) is 0 Å². The third-order valence-corrected chi connectivity index (χ3v) is 3.28. The smallest absolute Gasteiger partial charge is 0.256 e. The number of benzene rings is 1. The fourth-order valence-corrected chi connectivity index (χ4v) is 1.73. The summed E-state index contributed by atoms with van der Waals surface area (Å²) in [6.07, 6.45) is 0. The molecule has 122 valence electrons. The molecule has 0 aromatic heterocycles. The van der Waals surface area contributed by atoms with Crippen LogP contribution < -0.4 is 10.6 Å². The third kappa shape index (κ3) is 5.13. The van der Waals surface area contributed by atoms with Gasteiger partial charge in [0.15, 0.2) is 0 Å². The highest BCUT2D eigenvalue weighted by Gasteiger charge is 2.26. The molecule has 6 heteroatoms. The summed E-state index contributed by atoms with van der Waals surface area (Å²) < 4.78 is 5.14. The minimum Gasteiger partial charge on any atom is -0.369 e. The van der Waals surface area contributed by atoms with Crippen LogP contribution in [0.5, 0.6) is 0 Å². The highest BCUT2D eigenvalue weighted by Crippen LogP contribution is 2.21. The summed E-state index contributed by atoms with van der Waals surface area (Å²) in [5, 5.41) is 5.65. The Bertz CT molecular complexity index is 554. The zero-order chi connectivity index (χ0) is 16.9. The molecule has 0 spiro atoms. The summed E-state index contributed by atoms with van der Waals surface area (Å²) in [5.74, 6) is -0.302. The third-order valence-electron chi connectivity index (χ3n) is 3.28. The molecule has 0 atom stereocenters. The van der Waals surface area contributed by atoms with Crippen LogP contribution in [0.25, 0.3) is 0 Å². The van der Waals surface area contributed by atoms with E-state index in [1.54, 1.807) is 30.9 Å². The average molecular weight is 307 g/mol. The molecular formula is C16H25N3O3. The van der Waals surface area contributed by atoms with E-state index in [4.69, 9.17) is 4.74 Å². The molecule has 22 heavy (non-hydrogen) atoms. The molecule has 1 rings (SSSR count). The number of rotatable bonds is 6. The lowest BCUT2D eigenvalue weighted by Gasteiger charge is -2.22. The van der Waals surface area contributed by atoms with E-state index in [-0.39, 0.29) is 11.8 Å². The van der Waals surface area contributed by atoms with Crippen LogP contribution in [0, 0.1) is 6.92 Å². The van der Waals surface area contributed by atoms with Gasteiger partial charge in [-0.05, 0) is 58.6 Å². The average Bonchev–Trinajstić information content (AvgIpc) is 2.40. The van der Waals surface area contributed by atoms with Crippen molar-refractivity contribution in [1.82, 2.24) is 4.90 Å². The van der Waals surface area contributed by atoms with Crippen molar-refractivity contribution in [1.29, 1.82) is 0 Å². The summed E-state index contributed by atoms with van der Waals surface area (Å²) in [4.78, 5) is 25.6. The van der Waals surface area contributed by atoms with E-state index in [9.17, 15) is 9.59 Å². The number of carbonyl (C=O) groups is 2. The van der Waals surface area contributed by atoms with Gasteiger partial charge in [-0.1, -0.05) is 0 Å². The maximum absolute atomic E-state index is 12.0. The van der Waals surface area contributed by atoms with Crippen molar-refractivity contribution >= 4 is 23.2 Å². The molecule has 0 aliphatic rings. The molecule has 0 saturated heterocycles. The van der Waals surface area contributed by atoms with Gasteiger partial charge in [-0.3, -0.25) is 9.59 Å². The van der Waals surface area contributed by atoms with E-state index in [0.29, 0.717) is 12.2 Å². The maximum atomic E-state index is 12.0. The topological polar surface area (TPSA) is 70.7 Å². The molecule has 0 aliphatic heterocycles. The quantitative estimate of drug-likeness (QED) is 0.841. The first-order valence-electron chi connectivity index (χ1n) is 7.07. The summed E-state index contributed by atoms with van der Waals surface area (Å²) in [6.45, 7) is 5.60. The molecule has 6 nitrogen and oxygen atoms in total. The van der Waals surface area contributed by atoms with Crippen LogP contribution in [0.4, 0.5) is 11.4 Å². The van der Waals surface area contributed by atoms with Crippen LogP contribution in [0.1, 0.15) is 19.4 Å². The molecule has 0 heterocycles. The fourth-order valence-electron chi connectivity index (χ4n) is 1.73. The second-order valence-corrected chi connectivity index (χ2v) is 5.98. The van der Waals surface area contributed by atoms with Gasteiger partial charge in [-0.2, -0.15) is 0 Å². The zero-order valence-corrected chi connectivity index (χ0v) is 14.1. The monoisotopic (exact) mass is 307 g/mol. The Kier molecular flexibility index (Phi) is 6.08. The van der Waals surface area contributed by atoms with Crippen LogP contribution in [0.2, 0.25) is 0 Å². The minimum atomic E-state index is -0.896. The standard InChI is InChI=1S/C16H25N3O3/c1-11-9-12(17-15(21)16(2,3)22-6)7-8-13(11)18-14(20)10-19(4)5/h7-9H,10H2,1-6H3,(H,17,21)(H,18,20). The summed E-state index contributed by atoms with van der Waals surface area (Å²) in [6, 6.07) is 5.34. The molecule has 0 aliphatic carbocycles. The lowest BCUT2D eigenvalue weighted by molar-refractivity contribution is -0.133. The second-order valence-electron chi connectivity index (χ2n) is 5.98. The molecule has 0 radical (unpaired) electrons. The number of anilines is 2. The van der Waals surface area contributed by atoms with Crippen molar-refractivity contribution in [2.75, 3.05) is 38.4 Å². The number of hydrogen-bond donors (Lipinski definition) is 2. The minimum absolute atomic E-state index is 0.0783. The van der Waals surface area contributed by atoms with Crippen LogP contribution in [0.15, 0.2) is 18.2 Å². The number of nitrogens with zero attached hydrogens (tertiary/aromatic N) is 1. The van der Waals surface area contributed by atoms with E-state index in [1.165, 1.54) is 7.11 Å². The largest absolute Gasteiger partial charge is 0.369 e. The van der Waals surface area contributed by atoms with Crippen molar-refractivity contribution in [3.05, 3.63) is 23.8 Å². The van der Waals surface area contributed by atoms with Crippen LogP contribution in [0.3, 0.4) is 0 Å². The van der Waals surface area contributed by atoms with E-state index in [0.717, 1.165) is 11.3 Å². The Balaban J connectivity index is 2.78. The maximum Gasteiger partial charge on any atom is 0.256 e. The summed E-state index contributed by atoms with van der Waals surface area (Å²) in [5.41, 5.74) is 1.38. The molecule has 1 aromatic rings. The number of carbonyl (C=O) groups excluding carboxylic acids is 2. The van der Waals surface area contributed by atoms with Crippen molar-refractivity contribution in [3.8, 4) is 0 Å². The number of nitrogens with one attached hydrogen (secondary N) is 2. The van der Waals surface area contributed by atoms with E-state index >= 15 is 0 Å². The number of amides is 2. The first kappa shape index (κ1) is 18.1. The normalized spacial score (nSPS) is 11.4. The highest BCUT2D eigenvalue weighted by molar-refractivity contribution is 5.97. The van der Waals surface area contributed by atoms with Crippen molar-refractivity contribution < 1.29 is 14.3 Å². The SMILES string of the molecule is COC(C)(C)C(=O)Nc1ccc(NC(=O)CN(C)C)c(C)c1. The predicted molar refractivity (Wildman–Crippen MR) is 88.1 cm³/mol. The molecular weight excluding hydrogens is 282 g/mol. The predicted octanol–water partition coefficient (Wildman–Crippen LogP) is 1.86. The Morgan fingerprint density at radius 2 is 1.86 bits per heavy atom. The van der Waals surface area contributed by atoms with Gasteiger partial charge in [0.2, 0.25) is 5.91 Å². The van der Waals surface area contributed by atoms with Crippen LogP contribution in [-0.4, -0.2) is 50.1 Å². The Morgan fingerprint density at radius 1 is 1.23 bits per heavy atom. The molecule has 1 aromatic carbocycles. The van der Waals surface area contributed by atoms with Gasteiger partial charge in [0.25, 0.3) is 5.91 Å². The molecule has 0 saturated carbocycles. The van der Waals surface area contributed by atoms with Gasteiger partial charge in [0, 0.05) is 18.5 Å². The zero-order valence-electron chi connectivity index (χ0n) is 14.1. The van der Waals surface area contributed by atoms with E-state index in [1.807, 2.05) is 27.1 Å². The number of methoxy groups -OCH3 is 1. The summed E-state index contributed by atoms with van der Waals surface area (Å²) >= 11 is 0. The van der Waals surface area contributed by atoms with Gasteiger partial charge >= 0.3 is 0 Å². The van der Waals surface area contributed by atoms with Gasteiger partial charge in [0.1, 0.15) is 5.60 Å². The highest BCUT2D eigenvalue weighted by atomic mass is 16.5. The fraction of sp³-hybridized carbons (Fsp3) is 0.500. The summed E-state index contributed by atoms with van der Waals surface area (Å²) in [7, 11) is 5.17. The van der Waals surface area contributed by atoms with Crippen molar-refractivity contribution in [2.45, 2.75) is 26.4 Å². The van der Waals surface area contributed by atoms with Crippen molar-refractivity contribution in [3.63, 3.8) is 0 Å².